The molecular formula is C16H21BrN2. The van der Waals surface area contributed by atoms with Crippen LogP contribution in [0.2, 0.25) is 0 Å². The Morgan fingerprint density at radius 3 is 2.37 bits per heavy atom. The predicted molar refractivity (Wildman–Crippen MR) is 87.0 cm³/mol. The highest BCUT2D eigenvalue weighted by Gasteiger charge is 2.18. The number of hydrogen-bond acceptors (Lipinski definition) is 1. The molecule has 2 heterocycles. The molecule has 0 bridgehead atoms. The van der Waals surface area contributed by atoms with Crippen molar-refractivity contribution in [3.63, 3.8) is 0 Å². The van der Waals surface area contributed by atoms with Crippen molar-refractivity contribution in [2.75, 3.05) is 0 Å². The molecule has 0 spiro atoms. The Kier molecular flexibility index (Phi) is 4.14. The summed E-state index contributed by atoms with van der Waals surface area (Å²) in [5, 5.41) is 0. The van der Waals surface area contributed by atoms with Gasteiger partial charge in [-0.2, -0.15) is 0 Å². The summed E-state index contributed by atoms with van der Waals surface area (Å²) in [7, 11) is 0. The molecule has 1 aliphatic rings. The van der Waals surface area contributed by atoms with E-state index in [-0.39, 0.29) is 0 Å². The highest BCUT2D eigenvalue weighted by atomic mass is 79.9. The third-order valence-electron chi connectivity index (χ3n) is 3.91. The van der Waals surface area contributed by atoms with E-state index in [0.29, 0.717) is 0 Å². The normalized spacial score (nSPS) is 17.6. The average Bonchev–Trinajstić information content (AvgIpc) is 2.78. The second-order valence-electron chi connectivity index (χ2n) is 5.01. The zero-order valence-electron chi connectivity index (χ0n) is 12.3. The van der Waals surface area contributed by atoms with Gasteiger partial charge in [0.25, 0.3) is 0 Å². The Morgan fingerprint density at radius 1 is 1.16 bits per heavy atom. The number of hydrogen-bond donors (Lipinski definition) is 1. The number of nitrogens with zero attached hydrogens (tertiary/aromatic N) is 1. The standard InChI is InChI=1S/C16H21BrN2/c1-6-12-9(3)14(18-11(12)5)8-15-13(7-2)10(4)16(17)19-15/h8,18H,6-7H2,1-5H3/b15-8-. The summed E-state index contributed by atoms with van der Waals surface area (Å²) in [5.74, 6) is 0. The van der Waals surface area contributed by atoms with Crippen molar-refractivity contribution >= 4 is 26.6 Å². The van der Waals surface area contributed by atoms with Crippen molar-refractivity contribution in [2.45, 2.75) is 47.5 Å². The molecule has 0 aromatic carbocycles. The number of allylic oxidation sites excluding steroid dienone is 2. The fourth-order valence-corrected chi connectivity index (χ4v) is 3.20. The van der Waals surface area contributed by atoms with Gasteiger partial charge in [0, 0.05) is 11.4 Å². The van der Waals surface area contributed by atoms with Crippen LogP contribution in [0.4, 0.5) is 0 Å². The van der Waals surface area contributed by atoms with Crippen LogP contribution in [0.1, 0.15) is 49.7 Å². The number of aryl methyl sites for hydroxylation is 1. The number of aliphatic imine (C=N–C) groups is 1. The maximum absolute atomic E-state index is 4.62. The predicted octanol–water partition coefficient (Wildman–Crippen LogP) is 5.07. The van der Waals surface area contributed by atoms with Crippen molar-refractivity contribution in [2.24, 2.45) is 4.99 Å². The van der Waals surface area contributed by atoms with Gasteiger partial charge in [-0.1, -0.05) is 13.8 Å². The quantitative estimate of drug-likeness (QED) is 0.805. The maximum atomic E-state index is 4.62. The van der Waals surface area contributed by atoms with Gasteiger partial charge in [0.2, 0.25) is 0 Å². The molecule has 0 unspecified atom stereocenters. The summed E-state index contributed by atoms with van der Waals surface area (Å²) in [6.45, 7) is 10.8. The van der Waals surface area contributed by atoms with Crippen molar-refractivity contribution in [3.05, 3.63) is 39.4 Å². The summed E-state index contributed by atoms with van der Waals surface area (Å²) >= 11 is 3.53. The van der Waals surface area contributed by atoms with Crippen molar-refractivity contribution in [1.82, 2.24) is 4.98 Å². The summed E-state index contributed by atoms with van der Waals surface area (Å²) in [6.07, 6.45) is 4.26. The minimum absolute atomic E-state index is 0.965. The van der Waals surface area contributed by atoms with E-state index in [1.807, 2.05) is 0 Å². The number of aromatic amines is 1. The van der Waals surface area contributed by atoms with Gasteiger partial charge in [0.05, 0.1) is 5.70 Å². The number of rotatable bonds is 3. The van der Waals surface area contributed by atoms with Crippen LogP contribution in [0.3, 0.4) is 0 Å². The fourth-order valence-electron chi connectivity index (χ4n) is 2.77. The topological polar surface area (TPSA) is 28.1 Å². The lowest BCUT2D eigenvalue weighted by Gasteiger charge is -2.02. The summed E-state index contributed by atoms with van der Waals surface area (Å²) in [6, 6.07) is 0. The first-order chi connectivity index (χ1) is 8.99. The van der Waals surface area contributed by atoms with Gasteiger partial charge in [-0.15, -0.1) is 0 Å². The summed E-state index contributed by atoms with van der Waals surface area (Å²) < 4.78 is 0.965. The highest BCUT2D eigenvalue weighted by Crippen LogP contribution is 2.32. The lowest BCUT2D eigenvalue weighted by molar-refractivity contribution is 1.08. The first kappa shape index (κ1) is 14.3. The van der Waals surface area contributed by atoms with Gasteiger partial charge in [0.1, 0.15) is 4.62 Å². The van der Waals surface area contributed by atoms with Crippen molar-refractivity contribution < 1.29 is 0 Å². The molecule has 0 aliphatic carbocycles. The molecule has 1 aromatic rings. The van der Waals surface area contributed by atoms with Gasteiger partial charge >= 0.3 is 0 Å². The van der Waals surface area contributed by atoms with Gasteiger partial charge < -0.3 is 4.98 Å². The minimum atomic E-state index is 0.965. The van der Waals surface area contributed by atoms with Crippen LogP contribution < -0.4 is 0 Å². The minimum Gasteiger partial charge on any atom is -0.359 e. The monoisotopic (exact) mass is 320 g/mol. The van der Waals surface area contributed by atoms with E-state index >= 15 is 0 Å². The molecule has 0 atom stereocenters. The van der Waals surface area contributed by atoms with E-state index in [9.17, 15) is 0 Å². The zero-order valence-corrected chi connectivity index (χ0v) is 13.9. The molecule has 1 aliphatic heterocycles. The summed E-state index contributed by atoms with van der Waals surface area (Å²) in [5.41, 5.74) is 8.90. The first-order valence-corrected chi connectivity index (χ1v) is 7.63. The SMILES string of the molecule is CCC1=C(C)C(Br)=N/C1=C\c1[nH]c(C)c(CC)c1C. The summed E-state index contributed by atoms with van der Waals surface area (Å²) in [4.78, 5) is 8.10. The third-order valence-corrected chi connectivity index (χ3v) is 4.68. The van der Waals surface area contributed by atoms with Crippen LogP contribution in [0, 0.1) is 13.8 Å². The first-order valence-electron chi connectivity index (χ1n) is 6.83. The number of nitrogens with one attached hydrogen (secondary N) is 1. The molecule has 1 N–H and O–H groups in total. The molecule has 2 rings (SSSR count). The number of aromatic nitrogens is 1. The van der Waals surface area contributed by atoms with Crippen LogP contribution in [-0.4, -0.2) is 9.60 Å². The number of halogens is 1. The molecule has 0 fully saturated rings. The molecule has 3 heteroatoms. The van der Waals surface area contributed by atoms with Crippen molar-refractivity contribution in [1.29, 1.82) is 0 Å². The molecule has 19 heavy (non-hydrogen) atoms. The second-order valence-corrected chi connectivity index (χ2v) is 5.76. The van der Waals surface area contributed by atoms with Crippen molar-refractivity contribution in [3.8, 4) is 0 Å². The Hall–Kier alpha value is -1.09. The Bertz CT molecular complexity index is 601. The Morgan fingerprint density at radius 2 is 1.84 bits per heavy atom. The van der Waals surface area contributed by atoms with Crippen LogP contribution in [0.5, 0.6) is 0 Å². The van der Waals surface area contributed by atoms with E-state index in [0.717, 1.165) is 23.2 Å². The molecule has 0 saturated carbocycles. The van der Waals surface area contributed by atoms with E-state index in [1.165, 1.54) is 33.7 Å². The number of H-pyrrole nitrogens is 1. The van der Waals surface area contributed by atoms with Crippen LogP contribution in [0.25, 0.3) is 6.08 Å². The van der Waals surface area contributed by atoms with E-state index < -0.39 is 0 Å². The van der Waals surface area contributed by atoms with Crippen LogP contribution in [0.15, 0.2) is 21.8 Å². The van der Waals surface area contributed by atoms with Crippen LogP contribution >= 0.6 is 15.9 Å². The largest absolute Gasteiger partial charge is 0.359 e. The maximum Gasteiger partial charge on any atom is 0.110 e. The van der Waals surface area contributed by atoms with Crippen LogP contribution in [-0.2, 0) is 6.42 Å². The fraction of sp³-hybridized carbons (Fsp3) is 0.438. The van der Waals surface area contributed by atoms with E-state index in [2.05, 4.69) is 66.6 Å². The highest BCUT2D eigenvalue weighted by molar-refractivity contribution is 9.18. The van der Waals surface area contributed by atoms with Gasteiger partial charge in [-0.05, 0) is 77.9 Å². The lowest BCUT2D eigenvalue weighted by atomic mass is 10.0. The molecule has 0 saturated heterocycles. The molecule has 0 radical (unpaired) electrons. The molecule has 1 aromatic heterocycles. The van der Waals surface area contributed by atoms with Gasteiger partial charge in [0.15, 0.2) is 0 Å². The Labute approximate surface area is 123 Å². The van der Waals surface area contributed by atoms with Gasteiger partial charge in [-0.25, -0.2) is 4.99 Å². The van der Waals surface area contributed by atoms with E-state index in [1.54, 1.807) is 0 Å². The lowest BCUT2D eigenvalue weighted by Crippen LogP contribution is -1.87. The average molecular weight is 321 g/mol. The molecule has 102 valence electrons. The molecular weight excluding hydrogens is 300 g/mol. The van der Waals surface area contributed by atoms with Gasteiger partial charge in [-0.3, -0.25) is 0 Å². The van der Waals surface area contributed by atoms with E-state index in [4.69, 9.17) is 0 Å². The second kappa shape index (κ2) is 5.49. The Balaban J connectivity index is 2.49. The zero-order chi connectivity index (χ0) is 14.2. The third kappa shape index (κ3) is 2.48. The molecule has 2 nitrogen and oxygen atoms in total. The smallest absolute Gasteiger partial charge is 0.110 e. The molecule has 0 amide bonds.